The van der Waals surface area contributed by atoms with Gasteiger partial charge in [0.2, 0.25) is 0 Å². The number of fused-ring (bicyclic) bond motifs is 1. The van der Waals surface area contributed by atoms with Gasteiger partial charge in [0.1, 0.15) is 6.33 Å². The minimum atomic E-state index is -4.53. The molecule has 24 heavy (non-hydrogen) atoms. The van der Waals surface area contributed by atoms with Crippen LogP contribution >= 0.6 is 0 Å². The molecular weight excluding hydrogens is 323 g/mol. The van der Waals surface area contributed by atoms with Crippen molar-refractivity contribution in [2.24, 2.45) is 0 Å². The molecule has 1 aromatic heterocycles. The number of aliphatic hydroxyl groups is 1. The molecule has 1 N–H and O–H groups in total. The fourth-order valence-electron chi connectivity index (χ4n) is 2.66. The number of hydrogen-bond donors (Lipinski definition) is 1. The summed E-state index contributed by atoms with van der Waals surface area (Å²) >= 11 is 0. The SMILES string of the molecule is O=C(C(O)c1cccc(C(F)(F)F)c1)N1CCc2ncncc2C1. The van der Waals surface area contributed by atoms with Crippen LogP contribution in [0.4, 0.5) is 13.2 Å². The van der Waals surface area contributed by atoms with E-state index in [0.717, 1.165) is 23.4 Å². The van der Waals surface area contributed by atoms with Crippen molar-refractivity contribution in [2.75, 3.05) is 6.54 Å². The summed E-state index contributed by atoms with van der Waals surface area (Å²) in [5.74, 6) is -0.635. The first kappa shape index (κ1) is 16.4. The van der Waals surface area contributed by atoms with Crippen molar-refractivity contribution in [3.05, 3.63) is 59.2 Å². The van der Waals surface area contributed by atoms with E-state index in [1.807, 2.05) is 0 Å². The van der Waals surface area contributed by atoms with Gasteiger partial charge in [0, 0.05) is 31.3 Å². The van der Waals surface area contributed by atoms with Crippen molar-refractivity contribution in [3.8, 4) is 0 Å². The van der Waals surface area contributed by atoms with Gasteiger partial charge in [-0.05, 0) is 17.7 Å². The van der Waals surface area contributed by atoms with Crippen LogP contribution in [0.1, 0.15) is 28.5 Å². The van der Waals surface area contributed by atoms with Crippen LogP contribution in [0.15, 0.2) is 36.8 Å². The van der Waals surface area contributed by atoms with Crippen LogP contribution < -0.4 is 0 Å². The van der Waals surface area contributed by atoms with Crippen LogP contribution in [0.5, 0.6) is 0 Å². The lowest BCUT2D eigenvalue weighted by Crippen LogP contribution is -2.39. The van der Waals surface area contributed by atoms with E-state index < -0.39 is 23.8 Å². The Kier molecular flexibility index (Phi) is 4.23. The number of alkyl halides is 3. The highest BCUT2D eigenvalue weighted by molar-refractivity contribution is 5.82. The van der Waals surface area contributed by atoms with Crippen LogP contribution in [0.25, 0.3) is 0 Å². The zero-order valence-electron chi connectivity index (χ0n) is 12.5. The zero-order chi connectivity index (χ0) is 17.3. The third kappa shape index (κ3) is 3.23. The Morgan fingerprint density at radius 1 is 1.33 bits per heavy atom. The molecular formula is C16H14F3N3O2. The normalized spacial score (nSPS) is 15.8. The molecule has 1 amide bonds. The summed E-state index contributed by atoms with van der Waals surface area (Å²) < 4.78 is 38.3. The molecule has 1 aliphatic heterocycles. The van der Waals surface area contributed by atoms with Crippen molar-refractivity contribution in [2.45, 2.75) is 25.2 Å². The first-order valence-electron chi connectivity index (χ1n) is 7.28. The number of carbonyl (C=O) groups is 1. The van der Waals surface area contributed by atoms with Gasteiger partial charge in [-0.25, -0.2) is 9.97 Å². The molecule has 0 fully saturated rings. The van der Waals surface area contributed by atoms with Gasteiger partial charge in [0.25, 0.3) is 5.91 Å². The molecule has 126 valence electrons. The van der Waals surface area contributed by atoms with Gasteiger partial charge in [-0.3, -0.25) is 4.79 Å². The van der Waals surface area contributed by atoms with E-state index in [2.05, 4.69) is 9.97 Å². The van der Waals surface area contributed by atoms with Crippen LogP contribution in [0, 0.1) is 0 Å². The predicted octanol–water partition coefficient (Wildman–Crippen LogP) is 2.11. The number of halogens is 3. The van der Waals surface area contributed by atoms with Crippen molar-refractivity contribution < 1.29 is 23.1 Å². The topological polar surface area (TPSA) is 66.3 Å². The maximum atomic E-state index is 12.8. The minimum absolute atomic E-state index is 0.0788. The van der Waals surface area contributed by atoms with Crippen molar-refractivity contribution in [1.82, 2.24) is 14.9 Å². The monoisotopic (exact) mass is 337 g/mol. The van der Waals surface area contributed by atoms with Gasteiger partial charge in [-0.1, -0.05) is 12.1 Å². The standard InChI is InChI=1S/C16H14F3N3O2/c17-16(18,19)12-3-1-2-10(6-12)14(23)15(24)22-5-4-13-11(8-22)7-20-9-21-13/h1-3,6-7,9,14,23H,4-5,8H2. The van der Waals surface area contributed by atoms with Crippen molar-refractivity contribution in [1.29, 1.82) is 0 Å². The Morgan fingerprint density at radius 3 is 2.88 bits per heavy atom. The van der Waals surface area contributed by atoms with Crippen LogP contribution in [-0.4, -0.2) is 32.4 Å². The van der Waals surface area contributed by atoms with E-state index >= 15 is 0 Å². The van der Waals surface area contributed by atoms with Gasteiger partial charge in [-0.2, -0.15) is 13.2 Å². The van der Waals surface area contributed by atoms with Crippen molar-refractivity contribution in [3.63, 3.8) is 0 Å². The maximum Gasteiger partial charge on any atom is 0.416 e. The molecule has 2 aromatic rings. The summed E-state index contributed by atoms with van der Waals surface area (Å²) in [6.45, 7) is 0.573. The lowest BCUT2D eigenvalue weighted by molar-refractivity contribution is -0.142. The van der Waals surface area contributed by atoms with E-state index in [-0.39, 0.29) is 12.1 Å². The third-order valence-electron chi connectivity index (χ3n) is 3.94. The molecule has 8 heteroatoms. The van der Waals surface area contributed by atoms with E-state index in [4.69, 9.17) is 0 Å². The third-order valence-corrected chi connectivity index (χ3v) is 3.94. The number of carbonyl (C=O) groups excluding carboxylic acids is 1. The van der Waals surface area contributed by atoms with Gasteiger partial charge < -0.3 is 10.0 Å². The number of nitrogens with zero attached hydrogens (tertiary/aromatic N) is 3. The second-order valence-electron chi connectivity index (χ2n) is 5.53. The highest BCUT2D eigenvalue weighted by Gasteiger charge is 2.33. The molecule has 1 unspecified atom stereocenters. The van der Waals surface area contributed by atoms with E-state index in [0.29, 0.717) is 13.0 Å². The largest absolute Gasteiger partial charge is 0.416 e. The molecule has 0 radical (unpaired) electrons. The molecule has 0 bridgehead atoms. The molecule has 0 saturated heterocycles. The van der Waals surface area contributed by atoms with Gasteiger partial charge in [0.15, 0.2) is 6.10 Å². The van der Waals surface area contributed by atoms with Gasteiger partial charge >= 0.3 is 6.18 Å². The average molecular weight is 337 g/mol. The highest BCUT2D eigenvalue weighted by Crippen LogP contribution is 2.31. The van der Waals surface area contributed by atoms with Crippen LogP contribution in [0.2, 0.25) is 0 Å². The zero-order valence-corrected chi connectivity index (χ0v) is 12.5. The maximum absolute atomic E-state index is 12.8. The lowest BCUT2D eigenvalue weighted by Gasteiger charge is -2.29. The quantitative estimate of drug-likeness (QED) is 0.912. The smallest absolute Gasteiger partial charge is 0.378 e. The summed E-state index contributed by atoms with van der Waals surface area (Å²) in [5.41, 5.74) is 0.630. The Hall–Kier alpha value is -2.48. The molecule has 3 rings (SSSR count). The van der Waals surface area contributed by atoms with Crippen LogP contribution in [0.3, 0.4) is 0 Å². The summed E-state index contributed by atoms with van der Waals surface area (Å²) in [7, 11) is 0. The summed E-state index contributed by atoms with van der Waals surface area (Å²) in [5, 5.41) is 10.2. The summed E-state index contributed by atoms with van der Waals surface area (Å²) in [6, 6.07) is 4.17. The fraction of sp³-hybridized carbons (Fsp3) is 0.312. The molecule has 0 aliphatic carbocycles. The van der Waals surface area contributed by atoms with Crippen molar-refractivity contribution >= 4 is 5.91 Å². The Bertz CT molecular complexity index is 764. The number of amides is 1. The predicted molar refractivity (Wildman–Crippen MR) is 77.6 cm³/mol. The fourth-order valence-corrected chi connectivity index (χ4v) is 2.66. The second kappa shape index (κ2) is 6.20. The van der Waals surface area contributed by atoms with E-state index in [1.54, 1.807) is 6.20 Å². The van der Waals surface area contributed by atoms with Gasteiger partial charge in [0.05, 0.1) is 11.3 Å². The number of hydrogen-bond acceptors (Lipinski definition) is 4. The highest BCUT2D eigenvalue weighted by atomic mass is 19.4. The summed E-state index contributed by atoms with van der Waals surface area (Å²) in [6.07, 6.45) is -2.64. The Morgan fingerprint density at radius 2 is 2.12 bits per heavy atom. The summed E-state index contributed by atoms with van der Waals surface area (Å²) in [4.78, 5) is 21.8. The lowest BCUT2D eigenvalue weighted by atomic mass is 10.0. The first-order chi connectivity index (χ1) is 11.4. The first-order valence-corrected chi connectivity index (χ1v) is 7.28. The minimum Gasteiger partial charge on any atom is -0.378 e. The molecule has 2 heterocycles. The molecule has 0 spiro atoms. The Labute approximate surface area is 135 Å². The van der Waals surface area contributed by atoms with E-state index in [9.17, 15) is 23.1 Å². The average Bonchev–Trinajstić information content (AvgIpc) is 2.59. The van der Waals surface area contributed by atoms with Crippen LogP contribution in [-0.2, 0) is 23.9 Å². The Balaban J connectivity index is 1.79. The number of rotatable bonds is 2. The molecule has 5 nitrogen and oxygen atoms in total. The second-order valence-corrected chi connectivity index (χ2v) is 5.53. The number of aliphatic hydroxyl groups excluding tert-OH is 1. The molecule has 1 aromatic carbocycles. The molecule has 0 saturated carbocycles. The molecule has 1 atom stereocenters. The number of aromatic nitrogens is 2. The molecule has 1 aliphatic rings. The number of benzene rings is 1. The van der Waals surface area contributed by atoms with Gasteiger partial charge in [-0.15, -0.1) is 0 Å². The van der Waals surface area contributed by atoms with E-state index in [1.165, 1.54) is 23.4 Å².